The van der Waals surface area contributed by atoms with Crippen LogP contribution in [-0.2, 0) is 16.4 Å². The van der Waals surface area contributed by atoms with Crippen LogP contribution in [-0.4, -0.2) is 15.0 Å². The van der Waals surface area contributed by atoms with Gasteiger partial charge in [0.05, 0.1) is 16.5 Å². The summed E-state index contributed by atoms with van der Waals surface area (Å²) in [6, 6.07) is 18.5. The minimum Gasteiger partial charge on any atom is -0.490 e. The molecule has 0 aliphatic heterocycles. The Hall–Kier alpha value is -3.34. The number of allylic oxidation sites excluding steroid dienone is 1. The van der Waals surface area contributed by atoms with E-state index >= 15 is 0 Å². The molecule has 164 valence electrons. The maximum Gasteiger partial charge on any atom is 0.216 e. The SMILES string of the molecule is CCOc1cc(/C=C(/C#N)S(=O)(=O)c2ccccc2)ccc1OCc1c(F)cccc1Cl. The Labute approximate surface area is 191 Å². The van der Waals surface area contributed by atoms with Crippen molar-refractivity contribution in [2.75, 3.05) is 6.61 Å². The quantitative estimate of drug-likeness (QED) is 0.388. The number of hydrogen-bond acceptors (Lipinski definition) is 5. The van der Waals surface area contributed by atoms with Crippen molar-refractivity contribution in [2.24, 2.45) is 0 Å². The summed E-state index contributed by atoms with van der Waals surface area (Å²) in [4.78, 5) is -0.377. The number of ether oxygens (including phenoxy) is 2. The Morgan fingerprint density at radius 1 is 1.06 bits per heavy atom. The number of rotatable bonds is 8. The molecule has 0 bridgehead atoms. The molecule has 0 aliphatic rings. The summed E-state index contributed by atoms with van der Waals surface area (Å²) in [5.74, 6) is 0.163. The van der Waals surface area contributed by atoms with Crippen LogP contribution in [0.15, 0.2) is 76.5 Å². The van der Waals surface area contributed by atoms with E-state index in [2.05, 4.69) is 0 Å². The van der Waals surface area contributed by atoms with Crippen molar-refractivity contribution in [3.63, 3.8) is 0 Å². The van der Waals surface area contributed by atoms with Gasteiger partial charge in [0, 0.05) is 5.56 Å². The smallest absolute Gasteiger partial charge is 0.216 e. The van der Waals surface area contributed by atoms with Gasteiger partial charge in [0.2, 0.25) is 9.84 Å². The Morgan fingerprint density at radius 3 is 2.47 bits per heavy atom. The van der Waals surface area contributed by atoms with Gasteiger partial charge in [-0.1, -0.05) is 41.9 Å². The summed E-state index contributed by atoms with van der Waals surface area (Å²) in [6.07, 6.45) is 1.27. The topological polar surface area (TPSA) is 76.4 Å². The lowest BCUT2D eigenvalue weighted by molar-refractivity contribution is 0.266. The molecule has 0 saturated carbocycles. The van der Waals surface area contributed by atoms with Gasteiger partial charge >= 0.3 is 0 Å². The van der Waals surface area contributed by atoms with Gasteiger partial charge in [0.25, 0.3) is 0 Å². The van der Waals surface area contributed by atoms with Gasteiger partial charge in [-0.3, -0.25) is 0 Å². The van der Waals surface area contributed by atoms with Crippen LogP contribution in [0.3, 0.4) is 0 Å². The number of nitriles is 1. The maximum absolute atomic E-state index is 14.0. The van der Waals surface area contributed by atoms with E-state index in [9.17, 15) is 18.1 Å². The predicted octanol–water partition coefficient (Wildman–Crippen LogP) is 5.80. The summed E-state index contributed by atoms with van der Waals surface area (Å²) in [5.41, 5.74) is 0.641. The van der Waals surface area contributed by atoms with Crippen LogP contribution in [0.25, 0.3) is 6.08 Å². The largest absolute Gasteiger partial charge is 0.490 e. The molecule has 32 heavy (non-hydrogen) atoms. The number of nitrogens with zero attached hydrogens (tertiary/aromatic N) is 1. The molecule has 3 aromatic carbocycles. The van der Waals surface area contributed by atoms with Gasteiger partial charge in [-0.15, -0.1) is 0 Å². The van der Waals surface area contributed by atoms with Gasteiger partial charge in [0.1, 0.15) is 23.4 Å². The molecule has 0 unspecified atom stereocenters. The van der Waals surface area contributed by atoms with Crippen molar-refractivity contribution in [1.29, 1.82) is 5.26 Å². The summed E-state index contributed by atoms with van der Waals surface area (Å²) >= 11 is 6.04. The van der Waals surface area contributed by atoms with Gasteiger partial charge in [-0.25, -0.2) is 12.8 Å². The third-order valence-corrected chi connectivity index (χ3v) is 6.49. The summed E-state index contributed by atoms with van der Waals surface area (Å²) in [6.45, 7) is 1.98. The molecule has 0 heterocycles. The average molecular weight is 472 g/mol. The number of sulfone groups is 1. The fourth-order valence-electron chi connectivity index (χ4n) is 2.87. The zero-order chi connectivity index (χ0) is 23.1. The molecule has 0 aromatic heterocycles. The van der Waals surface area contributed by atoms with Gasteiger partial charge < -0.3 is 9.47 Å². The molecule has 0 aliphatic carbocycles. The molecule has 0 N–H and O–H groups in total. The van der Waals surface area contributed by atoms with Crippen molar-refractivity contribution in [2.45, 2.75) is 18.4 Å². The molecule has 0 fully saturated rings. The summed E-state index contributed by atoms with van der Waals surface area (Å²) in [7, 11) is -3.97. The van der Waals surface area contributed by atoms with Crippen molar-refractivity contribution in [3.05, 3.63) is 93.6 Å². The Morgan fingerprint density at radius 2 is 1.81 bits per heavy atom. The van der Waals surface area contributed by atoms with Crippen LogP contribution in [0.1, 0.15) is 18.1 Å². The van der Waals surface area contributed by atoms with Crippen LogP contribution in [0.2, 0.25) is 5.02 Å². The third-order valence-electron chi connectivity index (χ3n) is 4.45. The fourth-order valence-corrected chi connectivity index (χ4v) is 4.27. The van der Waals surface area contributed by atoms with E-state index in [4.69, 9.17) is 21.1 Å². The fraction of sp³-hybridized carbons (Fsp3) is 0.125. The lowest BCUT2D eigenvalue weighted by Gasteiger charge is -2.14. The zero-order valence-corrected chi connectivity index (χ0v) is 18.7. The van der Waals surface area contributed by atoms with Gasteiger partial charge in [-0.05, 0) is 55.0 Å². The minimum atomic E-state index is -3.97. The molecule has 8 heteroatoms. The third kappa shape index (κ3) is 5.28. The van der Waals surface area contributed by atoms with Gasteiger partial charge in [0.15, 0.2) is 11.5 Å². The van der Waals surface area contributed by atoms with E-state index < -0.39 is 20.6 Å². The Kier molecular flexibility index (Phi) is 7.52. The standard InChI is InChI=1S/C24H19ClFNO4S/c1-2-30-24-14-17(13-19(15-27)32(28,29)18-7-4-3-5-8-18)11-12-23(24)31-16-20-21(25)9-6-10-22(20)26/h3-14H,2,16H2,1H3/b19-13-. The van der Waals surface area contributed by atoms with E-state index in [0.29, 0.717) is 23.7 Å². The first-order valence-electron chi connectivity index (χ1n) is 9.61. The highest BCUT2D eigenvalue weighted by Crippen LogP contribution is 2.32. The van der Waals surface area contributed by atoms with Crippen molar-refractivity contribution >= 4 is 27.5 Å². The molecule has 0 amide bonds. The van der Waals surface area contributed by atoms with E-state index in [1.165, 1.54) is 30.3 Å². The lowest BCUT2D eigenvalue weighted by Crippen LogP contribution is -2.04. The van der Waals surface area contributed by atoms with Crippen LogP contribution < -0.4 is 9.47 Å². The van der Waals surface area contributed by atoms with E-state index in [-0.39, 0.29) is 22.1 Å². The normalized spacial score (nSPS) is 11.6. The molecule has 0 radical (unpaired) electrons. The first kappa shape index (κ1) is 23.3. The monoisotopic (exact) mass is 471 g/mol. The molecular formula is C24H19ClFNO4S. The van der Waals surface area contributed by atoms with Crippen LogP contribution in [0, 0.1) is 17.1 Å². The molecule has 0 saturated heterocycles. The second-order valence-electron chi connectivity index (χ2n) is 6.56. The van der Waals surface area contributed by atoms with Crippen molar-refractivity contribution < 1.29 is 22.3 Å². The maximum atomic E-state index is 14.0. The van der Waals surface area contributed by atoms with Crippen LogP contribution in [0.4, 0.5) is 4.39 Å². The van der Waals surface area contributed by atoms with Crippen molar-refractivity contribution in [3.8, 4) is 17.6 Å². The van der Waals surface area contributed by atoms with Gasteiger partial charge in [-0.2, -0.15) is 5.26 Å². The molecule has 0 spiro atoms. The first-order chi connectivity index (χ1) is 15.4. The Bertz CT molecular complexity index is 1260. The molecule has 0 atom stereocenters. The average Bonchev–Trinajstić information content (AvgIpc) is 2.79. The number of benzene rings is 3. The number of hydrogen-bond donors (Lipinski definition) is 0. The molecule has 3 aromatic rings. The highest BCUT2D eigenvalue weighted by Gasteiger charge is 2.21. The Balaban J connectivity index is 1.92. The van der Waals surface area contributed by atoms with E-state index in [1.807, 2.05) is 0 Å². The summed E-state index contributed by atoms with van der Waals surface area (Å²) < 4.78 is 50.9. The predicted molar refractivity (Wildman–Crippen MR) is 121 cm³/mol. The summed E-state index contributed by atoms with van der Waals surface area (Å²) in [5, 5.41) is 9.72. The molecule has 5 nitrogen and oxygen atoms in total. The zero-order valence-electron chi connectivity index (χ0n) is 17.1. The molecular weight excluding hydrogens is 453 g/mol. The second kappa shape index (κ2) is 10.3. The first-order valence-corrected chi connectivity index (χ1v) is 11.5. The van der Waals surface area contributed by atoms with Crippen LogP contribution in [0.5, 0.6) is 11.5 Å². The van der Waals surface area contributed by atoms with Crippen LogP contribution >= 0.6 is 11.6 Å². The second-order valence-corrected chi connectivity index (χ2v) is 8.89. The lowest BCUT2D eigenvalue weighted by atomic mass is 10.2. The highest BCUT2D eigenvalue weighted by atomic mass is 35.5. The van der Waals surface area contributed by atoms with E-state index in [1.54, 1.807) is 55.5 Å². The highest BCUT2D eigenvalue weighted by molar-refractivity contribution is 7.95. The van der Waals surface area contributed by atoms with E-state index in [0.717, 1.165) is 0 Å². The molecule has 3 rings (SSSR count). The minimum absolute atomic E-state index is 0.0274. The number of halogens is 2. The van der Waals surface area contributed by atoms with Crippen molar-refractivity contribution in [1.82, 2.24) is 0 Å².